The highest BCUT2D eigenvalue weighted by Gasteiger charge is 2.20. The van der Waals surface area contributed by atoms with Gasteiger partial charge < -0.3 is 4.74 Å². The van der Waals surface area contributed by atoms with Crippen LogP contribution in [0.4, 0.5) is 0 Å². The Labute approximate surface area is 103 Å². The zero-order chi connectivity index (χ0) is 12.3. The van der Waals surface area contributed by atoms with Crippen LogP contribution in [-0.2, 0) is 0 Å². The van der Waals surface area contributed by atoms with Gasteiger partial charge in [0.15, 0.2) is 6.29 Å². The smallest absolute Gasteiger partial charge is 0.153 e. The van der Waals surface area contributed by atoms with E-state index in [1.165, 1.54) is 12.8 Å². The van der Waals surface area contributed by atoms with Crippen LogP contribution in [0.15, 0.2) is 18.2 Å². The van der Waals surface area contributed by atoms with Crippen molar-refractivity contribution >= 4 is 6.29 Å². The maximum absolute atomic E-state index is 11.0. The highest BCUT2D eigenvalue weighted by atomic mass is 16.5. The molecule has 17 heavy (non-hydrogen) atoms. The Hall–Kier alpha value is -1.31. The Kier molecular flexibility index (Phi) is 3.82. The SMILES string of the molecule is Cc1ccc(OC2CCC(C)CC2)c(C=O)c1. The highest BCUT2D eigenvalue weighted by molar-refractivity contribution is 5.79. The maximum Gasteiger partial charge on any atom is 0.153 e. The number of hydrogen-bond acceptors (Lipinski definition) is 2. The van der Waals surface area contributed by atoms with Gasteiger partial charge in [-0.15, -0.1) is 0 Å². The van der Waals surface area contributed by atoms with Crippen LogP contribution in [0.3, 0.4) is 0 Å². The average molecular weight is 232 g/mol. The topological polar surface area (TPSA) is 26.3 Å². The molecule has 0 aromatic heterocycles. The molecule has 0 aliphatic heterocycles. The van der Waals surface area contributed by atoms with Crippen LogP contribution in [0.2, 0.25) is 0 Å². The second kappa shape index (κ2) is 5.35. The van der Waals surface area contributed by atoms with E-state index in [-0.39, 0.29) is 6.10 Å². The van der Waals surface area contributed by atoms with Crippen molar-refractivity contribution in [1.29, 1.82) is 0 Å². The van der Waals surface area contributed by atoms with Crippen molar-refractivity contribution in [1.82, 2.24) is 0 Å². The molecule has 0 atom stereocenters. The summed E-state index contributed by atoms with van der Waals surface area (Å²) in [5, 5.41) is 0. The molecule has 2 heteroatoms. The molecule has 0 unspecified atom stereocenters. The van der Waals surface area contributed by atoms with Crippen molar-refractivity contribution < 1.29 is 9.53 Å². The number of aldehydes is 1. The fraction of sp³-hybridized carbons (Fsp3) is 0.533. The van der Waals surface area contributed by atoms with Crippen molar-refractivity contribution in [2.45, 2.75) is 45.6 Å². The van der Waals surface area contributed by atoms with Crippen LogP contribution in [0, 0.1) is 12.8 Å². The first-order chi connectivity index (χ1) is 8.19. The van der Waals surface area contributed by atoms with Crippen LogP contribution in [0.5, 0.6) is 5.75 Å². The Morgan fingerprint density at radius 3 is 2.59 bits per heavy atom. The van der Waals surface area contributed by atoms with Crippen LogP contribution in [-0.4, -0.2) is 12.4 Å². The Morgan fingerprint density at radius 1 is 1.24 bits per heavy atom. The molecule has 1 fully saturated rings. The molecule has 92 valence electrons. The highest BCUT2D eigenvalue weighted by Crippen LogP contribution is 2.28. The molecule has 1 aromatic carbocycles. The predicted octanol–water partition coefficient (Wildman–Crippen LogP) is 3.77. The van der Waals surface area contributed by atoms with E-state index >= 15 is 0 Å². The monoisotopic (exact) mass is 232 g/mol. The molecule has 0 spiro atoms. The summed E-state index contributed by atoms with van der Waals surface area (Å²) in [6.45, 7) is 4.28. The largest absolute Gasteiger partial charge is 0.490 e. The number of carbonyl (C=O) groups is 1. The maximum atomic E-state index is 11.0. The van der Waals surface area contributed by atoms with Gasteiger partial charge in [0.1, 0.15) is 5.75 Å². The van der Waals surface area contributed by atoms with Gasteiger partial charge in [0.25, 0.3) is 0 Å². The van der Waals surface area contributed by atoms with Gasteiger partial charge in [-0.2, -0.15) is 0 Å². The molecule has 0 saturated heterocycles. The molecule has 0 amide bonds. The molecule has 1 aromatic rings. The number of benzene rings is 1. The first-order valence-corrected chi connectivity index (χ1v) is 6.41. The summed E-state index contributed by atoms with van der Waals surface area (Å²) in [5.74, 6) is 1.56. The molecule has 0 heterocycles. The van der Waals surface area contributed by atoms with E-state index in [9.17, 15) is 4.79 Å². The third kappa shape index (κ3) is 3.09. The van der Waals surface area contributed by atoms with Crippen LogP contribution in [0.25, 0.3) is 0 Å². The van der Waals surface area contributed by atoms with E-state index in [1.807, 2.05) is 25.1 Å². The fourth-order valence-electron chi connectivity index (χ4n) is 2.39. The molecule has 2 nitrogen and oxygen atoms in total. The van der Waals surface area contributed by atoms with E-state index in [2.05, 4.69) is 6.92 Å². The summed E-state index contributed by atoms with van der Waals surface area (Å²) >= 11 is 0. The quantitative estimate of drug-likeness (QED) is 0.742. The standard InChI is InChI=1S/C15H20O2/c1-11-3-6-14(7-4-11)17-15-8-5-12(2)9-13(15)10-16/h5,8-11,14H,3-4,6-7H2,1-2H3. The van der Waals surface area contributed by atoms with E-state index < -0.39 is 0 Å². The van der Waals surface area contributed by atoms with Gasteiger partial charge in [-0.05, 0) is 50.7 Å². The number of hydrogen-bond donors (Lipinski definition) is 0. The Morgan fingerprint density at radius 2 is 1.94 bits per heavy atom. The molecule has 2 rings (SSSR count). The molecule has 1 saturated carbocycles. The molecular weight excluding hydrogens is 212 g/mol. The zero-order valence-electron chi connectivity index (χ0n) is 10.6. The van der Waals surface area contributed by atoms with Gasteiger partial charge in [-0.1, -0.05) is 18.6 Å². The summed E-state index contributed by atoms with van der Waals surface area (Å²) in [7, 11) is 0. The summed E-state index contributed by atoms with van der Waals surface area (Å²) in [5.41, 5.74) is 1.76. The van der Waals surface area contributed by atoms with Crippen molar-refractivity contribution in [3.63, 3.8) is 0 Å². The second-order valence-corrected chi connectivity index (χ2v) is 5.16. The zero-order valence-corrected chi connectivity index (χ0v) is 10.6. The van der Waals surface area contributed by atoms with Crippen molar-refractivity contribution in [2.24, 2.45) is 5.92 Å². The van der Waals surface area contributed by atoms with Gasteiger partial charge in [0, 0.05) is 0 Å². The number of rotatable bonds is 3. The summed E-state index contributed by atoms with van der Waals surface area (Å²) in [6.07, 6.45) is 5.83. The Bertz CT molecular complexity index is 390. The molecule has 0 N–H and O–H groups in total. The molecule has 0 radical (unpaired) electrons. The molecular formula is C15H20O2. The second-order valence-electron chi connectivity index (χ2n) is 5.16. The van der Waals surface area contributed by atoms with Crippen LogP contribution < -0.4 is 4.74 Å². The first kappa shape index (κ1) is 12.2. The summed E-state index contributed by atoms with van der Waals surface area (Å²) < 4.78 is 5.95. The van der Waals surface area contributed by atoms with Gasteiger partial charge >= 0.3 is 0 Å². The lowest BCUT2D eigenvalue weighted by Gasteiger charge is -2.27. The molecule has 1 aliphatic rings. The number of ether oxygens (including phenoxy) is 1. The van der Waals surface area contributed by atoms with Gasteiger partial charge in [0.2, 0.25) is 0 Å². The van der Waals surface area contributed by atoms with Crippen molar-refractivity contribution in [3.8, 4) is 5.75 Å². The van der Waals surface area contributed by atoms with Crippen molar-refractivity contribution in [2.75, 3.05) is 0 Å². The lowest BCUT2D eigenvalue weighted by molar-refractivity contribution is 0.110. The first-order valence-electron chi connectivity index (χ1n) is 6.41. The minimum Gasteiger partial charge on any atom is -0.490 e. The minimum atomic E-state index is 0.285. The number of carbonyl (C=O) groups excluding carboxylic acids is 1. The van der Waals surface area contributed by atoms with E-state index in [0.29, 0.717) is 5.56 Å². The van der Waals surface area contributed by atoms with Gasteiger partial charge in [-0.25, -0.2) is 0 Å². The van der Waals surface area contributed by atoms with E-state index in [0.717, 1.165) is 36.4 Å². The van der Waals surface area contributed by atoms with E-state index in [1.54, 1.807) is 0 Å². The third-order valence-electron chi connectivity index (χ3n) is 3.55. The minimum absolute atomic E-state index is 0.285. The lowest BCUT2D eigenvalue weighted by Crippen LogP contribution is -2.23. The van der Waals surface area contributed by atoms with Crippen LogP contribution >= 0.6 is 0 Å². The van der Waals surface area contributed by atoms with Crippen LogP contribution in [0.1, 0.15) is 48.5 Å². The lowest BCUT2D eigenvalue weighted by atomic mass is 9.89. The predicted molar refractivity (Wildman–Crippen MR) is 68.6 cm³/mol. The fourth-order valence-corrected chi connectivity index (χ4v) is 2.39. The molecule has 0 bridgehead atoms. The Balaban J connectivity index is 2.05. The third-order valence-corrected chi connectivity index (χ3v) is 3.55. The normalized spacial score (nSPS) is 24.4. The summed E-state index contributed by atoms with van der Waals surface area (Å²) in [4.78, 5) is 11.0. The van der Waals surface area contributed by atoms with Crippen molar-refractivity contribution in [3.05, 3.63) is 29.3 Å². The van der Waals surface area contributed by atoms with E-state index in [4.69, 9.17) is 4.74 Å². The van der Waals surface area contributed by atoms with Gasteiger partial charge in [0.05, 0.1) is 11.7 Å². The van der Waals surface area contributed by atoms with Gasteiger partial charge in [-0.3, -0.25) is 4.79 Å². The summed E-state index contributed by atoms with van der Waals surface area (Å²) in [6, 6.07) is 5.79. The molecule has 1 aliphatic carbocycles. The average Bonchev–Trinajstić information content (AvgIpc) is 2.34. The number of aryl methyl sites for hydroxylation is 1.